The molecule has 0 amide bonds. The molecule has 0 aliphatic heterocycles. The van der Waals surface area contributed by atoms with E-state index in [0.717, 1.165) is 39.3 Å². The van der Waals surface area contributed by atoms with Crippen LogP contribution in [0.25, 0.3) is 22.3 Å². The molecule has 5 rings (SSSR count). The molecule has 0 aliphatic carbocycles. The van der Waals surface area contributed by atoms with E-state index in [0.29, 0.717) is 11.1 Å². The predicted octanol–water partition coefficient (Wildman–Crippen LogP) is 8.85. The first kappa shape index (κ1) is 23.6. The van der Waals surface area contributed by atoms with Crippen LogP contribution in [0.2, 0.25) is 0 Å². The minimum atomic E-state index is 0.489. The van der Waals surface area contributed by atoms with E-state index in [1.807, 2.05) is 24.3 Å². The Bertz CT molecular complexity index is 1580. The van der Waals surface area contributed by atoms with Gasteiger partial charge in [0.1, 0.15) is 0 Å². The largest absolute Gasteiger partial charge is 0.310 e. The average molecular weight is 476 g/mol. The summed E-state index contributed by atoms with van der Waals surface area (Å²) in [7, 11) is 0. The molecule has 3 nitrogen and oxygen atoms in total. The lowest BCUT2D eigenvalue weighted by molar-refractivity contribution is 1.27. The lowest BCUT2D eigenvalue weighted by Crippen LogP contribution is -2.10. The second-order valence-electron chi connectivity index (χ2n) is 9.06. The molecule has 3 heteroatoms. The van der Waals surface area contributed by atoms with Crippen molar-refractivity contribution >= 4 is 17.1 Å². The molecular weight excluding hydrogens is 450 g/mol. The van der Waals surface area contributed by atoms with Crippen LogP contribution in [0, 0.1) is 36.5 Å². The van der Waals surface area contributed by atoms with Crippen molar-refractivity contribution in [2.45, 2.75) is 13.8 Å². The Morgan fingerprint density at radius 3 is 1.49 bits per heavy atom. The van der Waals surface area contributed by atoms with Gasteiger partial charge in [0.15, 0.2) is 0 Å². The zero-order valence-corrected chi connectivity index (χ0v) is 20.8. The summed E-state index contributed by atoms with van der Waals surface area (Å²) in [6.07, 6.45) is 0. The van der Waals surface area contributed by atoms with Gasteiger partial charge in [-0.3, -0.25) is 0 Å². The Balaban J connectivity index is 1.53. The van der Waals surface area contributed by atoms with Crippen LogP contribution in [-0.4, -0.2) is 0 Å². The van der Waals surface area contributed by atoms with E-state index in [2.05, 4.69) is 116 Å². The van der Waals surface area contributed by atoms with Crippen molar-refractivity contribution in [3.8, 4) is 34.4 Å². The molecule has 0 N–H and O–H groups in total. The first-order valence-electron chi connectivity index (χ1n) is 12.1. The van der Waals surface area contributed by atoms with Crippen molar-refractivity contribution in [3.63, 3.8) is 0 Å². The molecule has 0 unspecified atom stereocenters. The zero-order valence-electron chi connectivity index (χ0n) is 20.8. The van der Waals surface area contributed by atoms with Gasteiger partial charge in [-0.25, -0.2) is 0 Å². The summed E-state index contributed by atoms with van der Waals surface area (Å²) in [5.74, 6) is 0. The number of hydrogen-bond acceptors (Lipinski definition) is 3. The first-order valence-corrected chi connectivity index (χ1v) is 12.1. The standard InChI is InChI=1S/C34H25N3/c1-24-17-28(29-20-26(22-35)19-27(21-29)23-36)13-15-33(24)34-16-14-32(18-25(34)2)37(30-9-5-3-6-10-30)31-11-7-4-8-12-31/h3-21H,1-2H3. The van der Waals surface area contributed by atoms with Crippen molar-refractivity contribution < 1.29 is 0 Å². The molecule has 0 spiro atoms. The van der Waals surface area contributed by atoms with Gasteiger partial charge in [-0.15, -0.1) is 0 Å². The van der Waals surface area contributed by atoms with Gasteiger partial charge in [-0.2, -0.15) is 10.5 Å². The summed E-state index contributed by atoms with van der Waals surface area (Å²) in [4.78, 5) is 2.27. The summed E-state index contributed by atoms with van der Waals surface area (Å²) in [6, 6.07) is 43.3. The number of hydrogen-bond donors (Lipinski definition) is 0. The summed E-state index contributed by atoms with van der Waals surface area (Å²) in [5.41, 5.74) is 10.8. The number of nitrogens with zero attached hydrogens (tertiary/aromatic N) is 3. The summed E-state index contributed by atoms with van der Waals surface area (Å²) in [5, 5.41) is 18.7. The van der Waals surface area contributed by atoms with Gasteiger partial charge in [0.05, 0.1) is 23.3 Å². The van der Waals surface area contributed by atoms with E-state index in [-0.39, 0.29) is 0 Å². The highest BCUT2D eigenvalue weighted by Crippen LogP contribution is 2.38. The molecule has 0 atom stereocenters. The third kappa shape index (κ3) is 4.85. The normalized spacial score (nSPS) is 10.4. The molecule has 0 aromatic heterocycles. The molecule has 5 aromatic carbocycles. The third-order valence-corrected chi connectivity index (χ3v) is 6.54. The van der Waals surface area contributed by atoms with Gasteiger partial charge in [-0.05, 0) is 102 Å². The number of para-hydroxylation sites is 2. The fourth-order valence-electron chi connectivity index (χ4n) is 4.76. The summed E-state index contributed by atoms with van der Waals surface area (Å²) in [6.45, 7) is 4.25. The van der Waals surface area contributed by atoms with Crippen molar-refractivity contribution in [2.75, 3.05) is 4.90 Å². The highest BCUT2D eigenvalue weighted by Gasteiger charge is 2.15. The Labute approximate surface area is 218 Å². The van der Waals surface area contributed by atoms with Crippen molar-refractivity contribution in [1.82, 2.24) is 0 Å². The highest BCUT2D eigenvalue weighted by molar-refractivity contribution is 5.81. The molecule has 0 aliphatic rings. The van der Waals surface area contributed by atoms with E-state index < -0.39 is 0 Å². The Morgan fingerprint density at radius 2 is 1.00 bits per heavy atom. The first-order chi connectivity index (χ1) is 18.1. The van der Waals surface area contributed by atoms with E-state index in [9.17, 15) is 10.5 Å². The monoisotopic (exact) mass is 475 g/mol. The molecule has 0 heterocycles. The summed E-state index contributed by atoms with van der Waals surface area (Å²) < 4.78 is 0. The van der Waals surface area contributed by atoms with Crippen LogP contribution in [0.15, 0.2) is 115 Å². The second kappa shape index (κ2) is 10.2. The molecule has 0 radical (unpaired) electrons. The number of benzene rings is 5. The molecule has 0 saturated heterocycles. The van der Waals surface area contributed by atoms with E-state index in [1.54, 1.807) is 6.07 Å². The smallest absolute Gasteiger partial charge is 0.0992 e. The van der Waals surface area contributed by atoms with Crippen LogP contribution in [0.3, 0.4) is 0 Å². The predicted molar refractivity (Wildman–Crippen MR) is 151 cm³/mol. The maximum atomic E-state index is 9.35. The van der Waals surface area contributed by atoms with Crippen LogP contribution in [0.5, 0.6) is 0 Å². The molecule has 0 saturated carbocycles. The maximum absolute atomic E-state index is 9.35. The highest BCUT2D eigenvalue weighted by atomic mass is 15.1. The van der Waals surface area contributed by atoms with Gasteiger partial charge < -0.3 is 4.90 Å². The van der Waals surface area contributed by atoms with Crippen molar-refractivity contribution in [1.29, 1.82) is 10.5 Å². The SMILES string of the molecule is Cc1cc(-c2cc(C#N)cc(C#N)c2)ccc1-c1ccc(N(c2ccccc2)c2ccccc2)cc1C. The average Bonchev–Trinajstić information content (AvgIpc) is 2.94. The fourth-order valence-corrected chi connectivity index (χ4v) is 4.76. The quantitative estimate of drug-likeness (QED) is 0.255. The van der Waals surface area contributed by atoms with Gasteiger partial charge >= 0.3 is 0 Å². The van der Waals surface area contributed by atoms with Crippen molar-refractivity contribution in [3.05, 3.63) is 138 Å². The minimum Gasteiger partial charge on any atom is -0.310 e. The summed E-state index contributed by atoms with van der Waals surface area (Å²) >= 11 is 0. The zero-order chi connectivity index (χ0) is 25.8. The lowest BCUT2D eigenvalue weighted by Gasteiger charge is -2.26. The van der Waals surface area contributed by atoms with Crippen LogP contribution < -0.4 is 4.90 Å². The fraction of sp³-hybridized carbons (Fsp3) is 0.0588. The van der Waals surface area contributed by atoms with Crippen molar-refractivity contribution in [2.24, 2.45) is 0 Å². The minimum absolute atomic E-state index is 0.489. The molecule has 0 fully saturated rings. The Morgan fingerprint density at radius 1 is 0.486 bits per heavy atom. The maximum Gasteiger partial charge on any atom is 0.0992 e. The van der Waals surface area contributed by atoms with Crippen LogP contribution in [0.4, 0.5) is 17.1 Å². The van der Waals surface area contributed by atoms with Gasteiger partial charge in [0, 0.05) is 17.1 Å². The third-order valence-electron chi connectivity index (χ3n) is 6.54. The van der Waals surface area contributed by atoms with E-state index in [4.69, 9.17) is 0 Å². The van der Waals surface area contributed by atoms with E-state index in [1.165, 1.54) is 11.1 Å². The molecule has 176 valence electrons. The Hall–Kier alpha value is -5.12. The van der Waals surface area contributed by atoms with Gasteiger partial charge in [0.2, 0.25) is 0 Å². The number of aryl methyl sites for hydroxylation is 2. The number of nitriles is 2. The second-order valence-corrected chi connectivity index (χ2v) is 9.06. The number of rotatable bonds is 5. The van der Waals surface area contributed by atoms with Crippen LogP contribution >= 0.6 is 0 Å². The number of anilines is 3. The molecule has 5 aromatic rings. The van der Waals surface area contributed by atoms with Crippen LogP contribution in [0.1, 0.15) is 22.3 Å². The Kier molecular flexibility index (Phi) is 6.54. The molecule has 0 bridgehead atoms. The van der Waals surface area contributed by atoms with E-state index >= 15 is 0 Å². The van der Waals surface area contributed by atoms with Crippen LogP contribution in [-0.2, 0) is 0 Å². The topological polar surface area (TPSA) is 50.8 Å². The van der Waals surface area contributed by atoms with Gasteiger partial charge in [-0.1, -0.05) is 60.7 Å². The lowest BCUT2D eigenvalue weighted by atomic mass is 9.92. The molecular formula is C34H25N3. The van der Waals surface area contributed by atoms with Gasteiger partial charge in [0.25, 0.3) is 0 Å². The molecule has 37 heavy (non-hydrogen) atoms.